The van der Waals surface area contributed by atoms with Crippen molar-refractivity contribution >= 4 is 6.03 Å². The molecule has 0 aromatic heterocycles. The molecular weight excluding hydrogens is 512 g/mol. The number of hydrogen-bond acceptors (Lipinski definition) is 1. The Morgan fingerprint density at radius 1 is 0.286 bits per heavy atom. The topological polar surface area (TPSA) is 41.1 Å². The van der Waals surface area contributed by atoms with Gasteiger partial charge in [0.05, 0.1) is 0 Å². The van der Waals surface area contributed by atoms with Gasteiger partial charge >= 0.3 is 6.03 Å². The molecule has 0 radical (unpaired) electrons. The van der Waals surface area contributed by atoms with Gasteiger partial charge in [-0.1, -0.05) is 219 Å². The zero-order chi connectivity index (χ0) is 30.4. The van der Waals surface area contributed by atoms with E-state index in [1.807, 2.05) is 0 Å². The van der Waals surface area contributed by atoms with Crippen LogP contribution in [-0.2, 0) is 0 Å². The number of nitrogens with one attached hydrogen (secondary N) is 2. The second kappa shape index (κ2) is 38.3. The molecule has 0 atom stereocenters. The monoisotopic (exact) mass is 593 g/mol. The lowest BCUT2D eigenvalue weighted by Crippen LogP contribution is -2.36. The predicted molar refractivity (Wildman–Crippen MR) is 190 cm³/mol. The highest BCUT2D eigenvalue weighted by Crippen LogP contribution is 2.15. The molecule has 3 heteroatoms. The molecule has 0 aliphatic carbocycles. The minimum Gasteiger partial charge on any atom is -0.338 e. The van der Waals surface area contributed by atoms with Gasteiger partial charge < -0.3 is 10.6 Å². The maximum absolute atomic E-state index is 12.0. The number of amides is 2. The van der Waals surface area contributed by atoms with Crippen molar-refractivity contribution in [2.45, 2.75) is 232 Å². The second-order valence-electron chi connectivity index (χ2n) is 13.5. The van der Waals surface area contributed by atoms with E-state index in [0.717, 1.165) is 25.9 Å². The summed E-state index contributed by atoms with van der Waals surface area (Å²) in [6.45, 7) is 6.24. The van der Waals surface area contributed by atoms with Crippen LogP contribution in [0.15, 0.2) is 0 Å². The van der Waals surface area contributed by atoms with Gasteiger partial charge in [-0.25, -0.2) is 4.79 Å². The summed E-state index contributed by atoms with van der Waals surface area (Å²) in [7, 11) is 0. The summed E-state index contributed by atoms with van der Waals surface area (Å²) in [6.07, 6.45) is 47.4. The molecule has 0 fully saturated rings. The fraction of sp³-hybridized carbons (Fsp3) is 0.974. The summed E-state index contributed by atoms with van der Waals surface area (Å²) in [5, 5.41) is 6.08. The highest BCUT2D eigenvalue weighted by Gasteiger charge is 2.00. The fourth-order valence-electron chi connectivity index (χ4n) is 6.17. The van der Waals surface area contributed by atoms with Gasteiger partial charge in [0.15, 0.2) is 0 Å². The van der Waals surface area contributed by atoms with E-state index in [9.17, 15) is 4.79 Å². The lowest BCUT2D eigenvalue weighted by Gasteiger charge is -2.08. The molecule has 0 heterocycles. The Balaban J connectivity index is 3.14. The third-order valence-corrected chi connectivity index (χ3v) is 9.13. The zero-order valence-electron chi connectivity index (χ0n) is 29.4. The molecule has 0 rings (SSSR count). The van der Waals surface area contributed by atoms with Crippen molar-refractivity contribution in [3.8, 4) is 0 Å². The first-order chi connectivity index (χ1) is 20.8. The van der Waals surface area contributed by atoms with Crippen LogP contribution < -0.4 is 10.6 Å². The van der Waals surface area contributed by atoms with Gasteiger partial charge in [0.1, 0.15) is 0 Å². The van der Waals surface area contributed by atoms with Crippen molar-refractivity contribution in [3.63, 3.8) is 0 Å². The lowest BCUT2D eigenvalue weighted by molar-refractivity contribution is 0.240. The van der Waals surface area contributed by atoms with Gasteiger partial charge in [-0.3, -0.25) is 0 Å². The van der Waals surface area contributed by atoms with E-state index >= 15 is 0 Å². The first kappa shape index (κ1) is 41.3. The van der Waals surface area contributed by atoms with Crippen molar-refractivity contribution in [1.29, 1.82) is 0 Å². The molecule has 0 aromatic rings. The maximum atomic E-state index is 12.0. The van der Waals surface area contributed by atoms with Crippen LogP contribution in [0.25, 0.3) is 0 Å². The van der Waals surface area contributed by atoms with Gasteiger partial charge in [0.2, 0.25) is 0 Å². The second-order valence-corrected chi connectivity index (χ2v) is 13.5. The van der Waals surface area contributed by atoms with Gasteiger partial charge in [0, 0.05) is 13.1 Å². The molecule has 0 spiro atoms. The number of unbranched alkanes of at least 4 members (excludes halogenated alkanes) is 32. The average Bonchev–Trinajstić information content (AvgIpc) is 3.00. The van der Waals surface area contributed by atoms with Crippen LogP contribution in [0.4, 0.5) is 4.79 Å². The molecule has 252 valence electrons. The van der Waals surface area contributed by atoms with Crippen LogP contribution in [0.1, 0.15) is 232 Å². The molecule has 0 bridgehead atoms. The Morgan fingerprint density at radius 2 is 0.452 bits per heavy atom. The smallest absolute Gasteiger partial charge is 0.314 e. The fourth-order valence-corrected chi connectivity index (χ4v) is 6.17. The Labute approximate surface area is 266 Å². The predicted octanol–water partition coefficient (Wildman–Crippen LogP) is 13.6. The highest BCUT2D eigenvalue weighted by molar-refractivity contribution is 5.73. The summed E-state index contributed by atoms with van der Waals surface area (Å²) < 4.78 is 0. The molecule has 0 saturated carbocycles. The van der Waals surface area contributed by atoms with Crippen molar-refractivity contribution in [1.82, 2.24) is 10.6 Å². The van der Waals surface area contributed by atoms with Gasteiger partial charge in [-0.15, -0.1) is 0 Å². The molecule has 0 aliphatic heterocycles. The van der Waals surface area contributed by atoms with Crippen molar-refractivity contribution in [3.05, 3.63) is 0 Å². The van der Waals surface area contributed by atoms with Crippen LogP contribution in [0.5, 0.6) is 0 Å². The maximum Gasteiger partial charge on any atom is 0.314 e. The third-order valence-electron chi connectivity index (χ3n) is 9.13. The normalized spacial score (nSPS) is 11.3. The summed E-state index contributed by atoms with van der Waals surface area (Å²) in [5.41, 5.74) is 0. The van der Waals surface area contributed by atoms with Crippen molar-refractivity contribution in [2.75, 3.05) is 13.1 Å². The van der Waals surface area contributed by atoms with Gasteiger partial charge in [0.25, 0.3) is 0 Å². The van der Waals surface area contributed by atoms with Crippen molar-refractivity contribution < 1.29 is 4.79 Å². The standard InChI is InChI=1S/C39H80N2O/c1-3-5-7-9-11-13-15-17-19-21-23-25-27-29-31-33-35-37-40-39(42)41-38-36-34-32-30-28-26-24-22-20-18-16-14-12-10-8-6-4-2/h3-38H2,1-2H3,(H2,40,41,42). The SMILES string of the molecule is CCCCCCCCCCCCCCCCCCCNC(=O)NCCCCCCCCCCCCCCCCCCC. The Hall–Kier alpha value is -0.730. The van der Waals surface area contributed by atoms with E-state index < -0.39 is 0 Å². The van der Waals surface area contributed by atoms with Gasteiger partial charge in [-0.05, 0) is 12.8 Å². The number of carbonyl (C=O) groups excluding carboxylic acids is 1. The van der Waals surface area contributed by atoms with Gasteiger partial charge in [-0.2, -0.15) is 0 Å². The van der Waals surface area contributed by atoms with E-state index in [1.54, 1.807) is 0 Å². The number of carbonyl (C=O) groups is 1. The van der Waals surface area contributed by atoms with E-state index in [-0.39, 0.29) is 6.03 Å². The third kappa shape index (κ3) is 37.3. The molecule has 0 unspecified atom stereocenters. The summed E-state index contributed by atoms with van der Waals surface area (Å²) in [5.74, 6) is 0. The Morgan fingerprint density at radius 3 is 0.643 bits per heavy atom. The minimum atomic E-state index is 0.0305. The lowest BCUT2D eigenvalue weighted by atomic mass is 10.0. The molecule has 2 N–H and O–H groups in total. The molecule has 0 aliphatic rings. The quantitative estimate of drug-likeness (QED) is 0.0698. The largest absolute Gasteiger partial charge is 0.338 e. The molecule has 42 heavy (non-hydrogen) atoms. The first-order valence-corrected chi connectivity index (χ1v) is 19.8. The van der Waals surface area contributed by atoms with Crippen LogP contribution in [0.3, 0.4) is 0 Å². The number of rotatable bonds is 36. The van der Waals surface area contributed by atoms with Crippen LogP contribution in [-0.4, -0.2) is 19.1 Å². The summed E-state index contributed by atoms with van der Waals surface area (Å²) in [6, 6.07) is 0.0305. The molecule has 0 saturated heterocycles. The number of urea groups is 1. The minimum absolute atomic E-state index is 0.0305. The Kier molecular flexibility index (Phi) is 37.6. The van der Waals surface area contributed by atoms with E-state index in [4.69, 9.17) is 0 Å². The van der Waals surface area contributed by atoms with Crippen LogP contribution in [0.2, 0.25) is 0 Å². The Bertz CT molecular complexity index is 453. The molecule has 0 aromatic carbocycles. The van der Waals surface area contributed by atoms with Crippen molar-refractivity contribution in [2.24, 2.45) is 0 Å². The molecular formula is C39H80N2O. The molecule has 3 nitrogen and oxygen atoms in total. The van der Waals surface area contributed by atoms with E-state index in [0.29, 0.717) is 0 Å². The van der Waals surface area contributed by atoms with E-state index in [2.05, 4.69) is 24.5 Å². The zero-order valence-corrected chi connectivity index (χ0v) is 29.4. The van der Waals surface area contributed by atoms with E-state index in [1.165, 1.54) is 205 Å². The summed E-state index contributed by atoms with van der Waals surface area (Å²) in [4.78, 5) is 12.0. The average molecular weight is 593 g/mol. The van der Waals surface area contributed by atoms with Crippen LogP contribution >= 0.6 is 0 Å². The highest BCUT2D eigenvalue weighted by atomic mass is 16.2. The van der Waals surface area contributed by atoms with Crippen LogP contribution in [0, 0.1) is 0 Å². The first-order valence-electron chi connectivity index (χ1n) is 19.8. The molecule has 2 amide bonds. The number of hydrogen-bond donors (Lipinski definition) is 2. The summed E-state index contributed by atoms with van der Waals surface area (Å²) >= 11 is 0.